The molecule has 0 unspecified atom stereocenters. The van der Waals surface area contributed by atoms with Gasteiger partial charge in [-0.15, -0.1) is 0 Å². The average molecular weight is 245 g/mol. The topological polar surface area (TPSA) is 20.3 Å². The molecule has 0 spiro atoms. The van der Waals surface area contributed by atoms with E-state index >= 15 is 0 Å². The van der Waals surface area contributed by atoms with Gasteiger partial charge in [0.1, 0.15) is 5.78 Å². The molecule has 0 bridgehead atoms. The molecule has 2 rings (SSSR count). The summed E-state index contributed by atoms with van der Waals surface area (Å²) in [7, 11) is 0. The maximum atomic E-state index is 11.6. The van der Waals surface area contributed by atoms with E-state index in [2.05, 4.69) is 50.8 Å². The number of hydrogen-bond donors (Lipinski definition) is 0. The molecule has 0 N–H and O–H groups in total. The molecule has 1 fully saturated rings. The Morgan fingerprint density at radius 3 is 2.61 bits per heavy atom. The molecule has 0 radical (unpaired) electrons. The van der Waals surface area contributed by atoms with Crippen LogP contribution in [0, 0.1) is 13.8 Å². The average Bonchev–Trinajstić information content (AvgIpc) is 2.24. The zero-order chi connectivity index (χ0) is 13.3. The second-order valence-corrected chi connectivity index (χ2v) is 6.13. The fraction of sp³-hybridized carbons (Fsp3) is 0.562. The first-order valence-corrected chi connectivity index (χ1v) is 6.71. The van der Waals surface area contributed by atoms with Crippen molar-refractivity contribution in [2.45, 2.75) is 52.6 Å². The Labute approximate surface area is 110 Å². The van der Waals surface area contributed by atoms with Gasteiger partial charge in [-0.1, -0.05) is 23.8 Å². The quantitative estimate of drug-likeness (QED) is 0.797. The van der Waals surface area contributed by atoms with Crippen LogP contribution in [0.3, 0.4) is 0 Å². The van der Waals surface area contributed by atoms with E-state index < -0.39 is 0 Å². The van der Waals surface area contributed by atoms with E-state index in [4.69, 9.17) is 0 Å². The Bertz CT molecular complexity index is 462. The van der Waals surface area contributed by atoms with Gasteiger partial charge in [-0.05, 0) is 38.8 Å². The summed E-state index contributed by atoms with van der Waals surface area (Å²) in [4.78, 5) is 14.0. The minimum Gasteiger partial charge on any atom is -0.300 e. The lowest BCUT2D eigenvalue weighted by atomic mass is 9.88. The zero-order valence-corrected chi connectivity index (χ0v) is 11.9. The molecule has 0 aliphatic carbocycles. The van der Waals surface area contributed by atoms with E-state index in [1.54, 1.807) is 0 Å². The monoisotopic (exact) mass is 245 g/mol. The molecule has 1 aromatic carbocycles. The minimum absolute atomic E-state index is 0.00728. The van der Waals surface area contributed by atoms with E-state index in [0.29, 0.717) is 18.6 Å². The zero-order valence-electron chi connectivity index (χ0n) is 11.9. The van der Waals surface area contributed by atoms with Crippen LogP contribution in [0.1, 0.15) is 43.4 Å². The van der Waals surface area contributed by atoms with Gasteiger partial charge < -0.3 is 0 Å². The number of Topliss-reactive ketones (excluding diaryl/α,β-unsaturated/α-hetero) is 1. The van der Waals surface area contributed by atoms with Crippen LogP contribution in [-0.4, -0.2) is 22.8 Å². The van der Waals surface area contributed by atoms with E-state index in [-0.39, 0.29) is 5.54 Å². The highest BCUT2D eigenvalue weighted by Gasteiger charge is 2.33. The largest absolute Gasteiger partial charge is 0.300 e. The first-order chi connectivity index (χ1) is 8.38. The lowest BCUT2D eigenvalue weighted by Crippen LogP contribution is -2.49. The van der Waals surface area contributed by atoms with Crippen LogP contribution in [0.25, 0.3) is 0 Å². The maximum absolute atomic E-state index is 11.6. The number of carbonyl (C=O) groups excluding carboxylic acids is 1. The highest BCUT2D eigenvalue weighted by atomic mass is 16.1. The highest BCUT2D eigenvalue weighted by molar-refractivity contribution is 5.80. The third-order valence-electron chi connectivity index (χ3n) is 4.01. The summed E-state index contributed by atoms with van der Waals surface area (Å²) in [5.74, 6) is 0.400. The van der Waals surface area contributed by atoms with Gasteiger partial charge in [-0.25, -0.2) is 0 Å². The standard InChI is InChI=1S/C16H23NO/c1-12-5-6-14(13(2)9-12)11-17-8-7-15(18)10-16(17,3)4/h5-6,9H,7-8,10-11H2,1-4H3. The van der Waals surface area contributed by atoms with Gasteiger partial charge in [-0.3, -0.25) is 9.69 Å². The van der Waals surface area contributed by atoms with Crippen LogP contribution >= 0.6 is 0 Å². The first-order valence-electron chi connectivity index (χ1n) is 6.71. The molecule has 1 aromatic rings. The Balaban J connectivity index is 2.15. The fourth-order valence-electron chi connectivity index (χ4n) is 2.77. The van der Waals surface area contributed by atoms with Crippen molar-refractivity contribution in [2.24, 2.45) is 0 Å². The molecule has 1 heterocycles. The third-order valence-corrected chi connectivity index (χ3v) is 4.01. The van der Waals surface area contributed by atoms with Gasteiger partial charge >= 0.3 is 0 Å². The number of carbonyl (C=O) groups is 1. The molecule has 2 heteroatoms. The van der Waals surface area contributed by atoms with Gasteiger partial charge in [0.05, 0.1) is 0 Å². The molecular formula is C16H23NO. The summed E-state index contributed by atoms with van der Waals surface area (Å²) in [6.45, 7) is 10.5. The van der Waals surface area contributed by atoms with Crippen molar-refractivity contribution in [3.8, 4) is 0 Å². The molecule has 1 aliphatic heterocycles. The summed E-state index contributed by atoms with van der Waals surface area (Å²) < 4.78 is 0. The molecule has 1 saturated heterocycles. The van der Waals surface area contributed by atoms with Gasteiger partial charge in [0, 0.05) is 31.5 Å². The summed E-state index contributed by atoms with van der Waals surface area (Å²) in [6.07, 6.45) is 1.38. The molecule has 0 aromatic heterocycles. The van der Waals surface area contributed by atoms with Crippen molar-refractivity contribution in [3.63, 3.8) is 0 Å². The van der Waals surface area contributed by atoms with Crippen molar-refractivity contribution in [2.75, 3.05) is 6.54 Å². The van der Waals surface area contributed by atoms with Gasteiger partial charge in [0.2, 0.25) is 0 Å². The number of benzene rings is 1. The summed E-state index contributed by atoms with van der Waals surface area (Å²) in [5.41, 5.74) is 4.03. The molecule has 0 atom stereocenters. The molecule has 98 valence electrons. The Morgan fingerprint density at radius 2 is 2.00 bits per heavy atom. The number of aryl methyl sites for hydroxylation is 2. The van der Waals surface area contributed by atoms with Crippen LogP contribution < -0.4 is 0 Å². The lowest BCUT2D eigenvalue weighted by Gasteiger charge is -2.42. The van der Waals surface area contributed by atoms with Gasteiger partial charge in [0.15, 0.2) is 0 Å². The molecule has 0 saturated carbocycles. The van der Waals surface area contributed by atoms with Gasteiger partial charge in [0.25, 0.3) is 0 Å². The fourth-order valence-corrected chi connectivity index (χ4v) is 2.77. The number of likely N-dealkylation sites (tertiary alicyclic amines) is 1. The van der Waals surface area contributed by atoms with Crippen LogP contribution in [0.15, 0.2) is 18.2 Å². The number of piperidine rings is 1. The lowest BCUT2D eigenvalue weighted by molar-refractivity contribution is -0.125. The van der Waals surface area contributed by atoms with Crippen molar-refractivity contribution in [1.29, 1.82) is 0 Å². The number of hydrogen-bond acceptors (Lipinski definition) is 2. The number of nitrogens with zero attached hydrogens (tertiary/aromatic N) is 1. The van der Waals surface area contributed by atoms with Crippen LogP contribution in [0.5, 0.6) is 0 Å². The van der Waals surface area contributed by atoms with E-state index in [0.717, 1.165) is 13.1 Å². The predicted octanol–water partition coefficient (Wildman–Crippen LogP) is 3.25. The van der Waals surface area contributed by atoms with Crippen molar-refractivity contribution >= 4 is 5.78 Å². The third kappa shape index (κ3) is 2.81. The van der Waals surface area contributed by atoms with Gasteiger partial charge in [-0.2, -0.15) is 0 Å². The molecular weight excluding hydrogens is 222 g/mol. The smallest absolute Gasteiger partial charge is 0.136 e. The normalized spacial score (nSPS) is 20.1. The highest BCUT2D eigenvalue weighted by Crippen LogP contribution is 2.27. The maximum Gasteiger partial charge on any atom is 0.136 e. The predicted molar refractivity (Wildman–Crippen MR) is 74.6 cm³/mol. The molecule has 2 nitrogen and oxygen atoms in total. The van der Waals surface area contributed by atoms with E-state index in [1.165, 1.54) is 16.7 Å². The van der Waals surface area contributed by atoms with Crippen molar-refractivity contribution in [3.05, 3.63) is 34.9 Å². The number of rotatable bonds is 2. The molecule has 1 aliphatic rings. The minimum atomic E-state index is -0.00728. The second-order valence-electron chi connectivity index (χ2n) is 6.13. The second kappa shape index (κ2) is 4.85. The van der Waals surface area contributed by atoms with Crippen LogP contribution in [0.4, 0.5) is 0 Å². The van der Waals surface area contributed by atoms with Crippen LogP contribution in [0.2, 0.25) is 0 Å². The Hall–Kier alpha value is -1.15. The van der Waals surface area contributed by atoms with E-state index in [1.807, 2.05) is 0 Å². The summed E-state index contributed by atoms with van der Waals surface area (Å²) in [5, 5.41) is 0. The Morgan fingerprint density at radius 1 is 1.28 bits per heavy atom. The van der Waals surface area contributed by atoms with Crippen molar-refractivity contribution in [1.82, 2.24) is 4.90 Å². The van der Waals surface area contributed by atoms with E-state index in [9.17, 15) is 4.79 Å². The van der Waals surface area contributed by atoms with Crippen molar-refractivity contribution < 1.29 is 4.79 Å². The summed E-state index contributed by atoms with van der Waals surface area (Å²) >= 11 is 0. The molecule has 18 heavy (non-hydrogen) atoms. The van der Waals surface area contributed by atoms with Crippen LogP contribution in [-0.2, 0) is 11.3 Å². The molecule has 0 amide bonds. The number of ketones is 1. The summed E-state index contributed by atoms with van der Waals surface area (Å²) in [6, 6.07) is 6.62. The Kier molecular flexibility index (Phi) is 3.58. The first kappa shape index (κ1) is 13.3. The SMILES string of the molecule is Cc1ccc(CN2CCC(=O)CC2(C)C)c(C)c1.